The van der Waals surface area contributed by atoms with Gasteiger partial charge in [-0.25, -0.2) is 4.79 Å². The average Bonchev–Trinajstić information content (AvgIpc) is 3.03. The molecule has 1 aromatic carbocycles. The SMILES string of the molecule is O=C(COC(=O)/C=C/c1ccccc1)NCc1cccs1. The van der Waals surface area contributed by atoms with Crippen molar-refractivity contribution < 1.29 is 14.3 Å². The highest BCUT2D eigenvalue weighted by atomic mass is 32.1. The molecule has 2 aromatic rings. The van der Waals surface area contributed by atoms with Gasteiger partial charge in [0.05, 0.1) is 6.54 Å². The first-order valence-corrected chi connectivity index (χ1v) is 7.31. The summed E-state index contributed by atoms with van der Waals surface area (Å²) in [5.74, 6) is -0.852. The Balaban J connectivity index is 1.68. The van der Waals surface area contributed by atoms with Crippen LogP contribution in [-0.2, 0) is 20.9 Å². The minimum atomic E-state index is -0.537. The van der Waals surface area contributed by atoms with Crippen LogP contribution in [0.2, 0.25) is 0 Å². The summed E-state index contributed by atoms with van der Waals surface area (Å²) in [7, 11) is 0. The normalized spacial score (nSPS) is 10.5. The van der Waals surface area contributed by atoms with Crippen LogP contribution in [0.4, 0.5) is 0 Å². The molecule has 0 bridgehead atoms. The Morgan fingerprint density at radius 3 is 2.67 bits per heavy atom. The Labute approximate surface area is 127 Å². The largest absolute Gasteiger partial charge is 0.452 e. The van der Waals surface area contributed by atoms with Crippen molar-refractivity contribution in [1.29, 1.82) is 0 Å². The molecule has 4 nitrogen and oxygen atoms in total. The monoisotopic (exact) mass is 301 g/mol. The molecule has 0 unspecified atom stereocenters. The van der Waals surface area contributed by atoms with Gasteiger partial charge in [0.1, 0.15) is 0 Å². The lowest BCUT2D eigenvalue weighted by molar-refractivity contribution is -0.143. The second-order valence-corrected chi connectivity index (χ2v) is 5.24. The number of benzene rings is 1. The molecule has 0 radical (unpaired) electrons. The maximum atomic E-state index is 11.5. The van der Waals surface area contributed by atoms with Gasteiger partial charge in [-0.1, -0.05) is 36.4 Å². The molecule has 0 aliphatic carbocycles. The zero-order valence-corrected chi connectivity index (χ0v) is 12.1. The fraction of sp³-hybridized carbons (Fsp3) is 0.125. The third-order valence-electron chi connectivity index (χ3n) is 2.60. The first kappa shape index (κ1) is 15.0. The van der Waals surface area contributed by atoms with Crippen LogP contribution < -0.4 is 5.32 Å². The standard InChI is InChI=1S/C16H15NO3S/c18-15(17-11-14-7-4-10-21-14)12-20-16(19)9-8-13-5-2-1-3-6-13/h1-10H,11-12H2,(H,17,18)/b9-8+. The first-order valence-electron chi connectivity index (χ1n) is 6.43. The molecule has 21 heavy (non-hydrogen) atoms. The van der Waals surface area contributed by atoms with Gasteiger partial charge in [-0.15, -0.1) is 11.3 Å². The summed E-state index contributed by atoms with van der Waals surface area (Å²) in [4.78, 5) is 24.0. The average molecular weight is 301 g/mol. The smallest absolute Gasteiger partial charge is 0.331 e. The van der Waals surface area contributed by atoms with Gasteiger partial charge in [0.15, 0.2) is 6.61 Å². The summed E-state index contributed by atoms with van der Waals surface area (Å²) in [6, 6.07) is 13.2. The maximum absolute atomic E-state index is 11.5. The highest BCUT2D eigenvalue weighted by Gasteiger charge is 2.05. The number of nitrogens with one attached hydrogen (secondary N) is 1. The Morgan fingerprint density at radius 1 is 1.14 bits per heavy atom. The highest BCUT2D eigenvalue weighted by molar-refractivity contribution is 7.09. The number of thiophene rings is 1. The number of hydrogen-bond donors (Lipinski definition) is 1. The molecule has 1 amide bonds. The van der Waals surface area contributed by atoms with Gasteiger partial charge in [0, 0.05) is 11.0 Å². The molecule has 0 aliphatic rings. The molecule has 1 heterocycles. The lowest BCUT2D eigenvalue weighted by atomic mass is 10.2. The van der Waals surface area contributed by atoms with Crippen LogP contribution in [0.3, 0.4) is 0 Å². The number of esters is 1. The van der Waals surface area contributed by atoms with Gasteiger partial charge in [0.25, 0.3) is 5.91 Å². The predicted octanol–water partition coefficient (Wildman–Crippen LogP) is 2.62. The van der Waals surface area contributed by atoms with Crippen LogP contribution in [-0.4, -0.2) is 18.5 Å². The number of rotatable bonds is 6. The van der Waals surface area contributed by atoms with E-state index < -0.39 is 5.97 Å². The molecule has 1 N–H and O–H groups in total. The van der Waals surface area contributed by atoms with Crippen molar-refractivity contribution in [2.75, 3.05) is 6.61 Å². The minimum Gasteiger partial charge on any atom is -0.452 e. The highest BCUT2D eigenvalue weighted by Crippen LogP contribution is 2.07. The van der Waals surface area contributed by atoms with Gasteiger partial charge in [-0.05, 0) is 23.1 Å². The number of amides is 1. The molecule has 1 aromatic heterocycles. The number of carbonyl (C=O) groups is 2. The van der Waals surface area contributed by atoms with Crippen molar-refractivity contribution >= 4 is 29.3 Å². The zero-order chi connectivity index (χ0) is 14.9. The second kappa shape index (κ2) is 8.01. The lowest BCUT2D eigenvalue weighted by Gasteiger charge is -2.03. The fourth-order valence-corrected chi connectivity index (χ4v) is 2.21. The summed E-state index contributed by atoms with van der Waals surface area (Å²) in [5.41, 5.74) is 0.900. The van der Waals surface area contributed by atoms with Crippen molar-refractivity contribution in [2.24, 2.45) is 0 Å². The van der Waals surface area contributed by atoms with Gasteiger partial charge in [-0.2, -0.15) is 0 Å². The minimum absolute atomic E-state index is 0.274. The summed E-state index contributed by atoms with van der Waals surface area (Å²) >= 11 is 1.56. The number of carbonyl (C=O) groups excluding carboxylic acids is 2. The molecule has 2 rings (SSSR count). The second-order valence-electron chi connectivity index (χ2n) is 4.21. The Morgan fingerprint density at radius 2 is 1.95 bits per heavy atom. The van der Waals surface area contributed by atoms with E-state index in [0.29, 0.717) is 6.54 Å². The summed E-state index contributed by atoms with van der Waals surface area (Å²) in [6.07, 6.45) is 2.95. The Kier molecular flexibility index (Phi) is 5.72. The van der Waals surface area contributed by atoms with E-state index in [1.54, 1.807) is 17.4 Å². The van der Waals surface area contributed by atoms with Crippen LogP contribution in [0.25, 0.3) is 6.08 Å². The quantitative estimate of drug-likeness (QED) is 0.659. The third kappa shape index (κ3) is 5.62. The lowest BCUT2D eigenvalue weighted by Crippen LogP contribution is -2.27. The zero-order valence-electron chi connectivity index (χ0n) is 11.3. The van der Waals surface area contributed by atoms with E-state index in [2.05, 4.69) is 5.32 Å². The molecular formula is C16H15NO3S. The molecule has 0 spiro atoms. The van der Waals surface area contributed by atoms with E-state index in [0.717, 1.165) is 10.4 Å². The van der Waals surface area contributed by atoms with Crippen molar-refractivity contribution in [1.82, 2.24) is 5.32 Å². The summed E-state index contributed by atoms with van der Waals surface area (Å²) in [5, 5.41) is 4.62. The van der Waals surface area contributed by atoms with E-state index in [-0.39, 0.29) is 12.5 Å². The van der Waals surface area contributed by atoms with E-state index >= 15 is 0 Å². The van der Waals surface area contributed by atoms with Crippen molar-refractivity contribution in [2.45, 2.75) is 6.54 Å². The fourth-order valence-electron chi connectivity index (χ4n) is 1.56. The van der Waals surface area contributed by atoms with Crippen LogP contribution in [0.1, 0.15) is 10.4 Å². The van der Waals surface area contributed by atoms with Crippen LogP contribution >= 0.6 is 11.3 Å². The van der Waals surface area contributed by atoms with Gasteiger partial charge in [0.2, 0.25) is 0 Å². The molecular weight excluding hydrogens is 286 g/mol. The van der Waals surface area contributed by atoms with E-state index in [9.17, 15) is 9.59 Å². The summed E-state index contributed by atoms with van der Waals surface area (Å²) in [6.45, 7) is 0.178. The number of hydrogen-bond acceptors (Lipinski definition) is 4. The molecule has 0 atom stereocenters. The third-order valence-corrected chi connectivity index (χ3v) is 3.47. The van der Waals surface area contributed by atoms with Gasteiger partial charge in [-0.3, -0.25) is 4.79 Å². The van der Waals surface area contributed by atoms with Crippen LogP contribution in [0, 0.1) is 0 Å². The molecule has 0 aliphatic heterocycles. The molecule has 0 saturated heterocycles. The first-order chi connectivity index (χ1) is 10.2. The van der Waals surface area contributed by atoms with Crippen LogP contribution in [0.5, 0.6) is 0 Å². The predicted molar refractivity (Wildman–Crippen MR) is 82.6 cm³/mol. The maximum Gasteiger partial charge on any atom is 0.331 e. The van der Waals surface area contributed by atoms with E-state index in [1.165, 1.54) is 6.08 Å². The molecule has 108 valence electrons. The van der Waals surface area contributed by atoms with Crippen molar-refractivity contribution in [3.63, 3.8) is 0 Å². The topological polar surface area (TPSA) is 55.4 Å². The van der Waals surface area contributed by atoms with Gasteiger partial charge >= 0.3 is 5.97 Å². The van der Waals surface area contributed by atoms with Crippen molar-refractivity contribution in [3.05, 3.63) is 64.4 Å². The Hall–Kier alpha value is -2.40. The molecule has 5 heteroatoms. The Bertz CT molecular complexity index is 606. The van der Waals surface area contributed by atoms with Crippen molar-refractivity contribution in [3.8, 4) is 0 Å². The van der Waals surface area contributed by atoms with Crippen LogP contribution in [0.15, 0.2) is 53.9 Å². The molecule has 0 fully saturated rings. The summed E-state index contributed by atoms with van der Waals surface area (Å²) < 4.78 is 4.86. The van der Waals surface area contributed by atoms with E-state index in [4.69, 9.17) is 4.74 Å². The van der Waals surface area contributed by atoms with E-state index in [1.807, 2.05) is 47.8 Å². The number of ether oxygens (including phenoxy) is 1. The van der Waals surface area contributed by atoms with Gasteiger partial charge < -0.3 is 10.1 Å². The molecule has 0 saturated carbocycles.